The molecule has 1 aromatic carbocycles. The zero-order valence-electron chi connectivity index (χ0n) is 8.23. The van der Waals surface area contributed by atoms with Crippen LogP contribution in [0.1, 0.15) is 5.56 Å². The Balaban J connectivity index is 2.92. The van der Waals surface area contributed by atoms with Gasteiger partial charge in [-0.15, -0.1) is 0 Å². The lowest BCUT2D eigenvalue weighted by Gasteiger charge is -2.08. The number of likely N-dealkylation sites (N-methyl/N-ethyl adjacent to an activating group) is 1. The predicted octanol–water partition coefficient (Wildman–Crippen LogP) is 2.25. The summed E-state index contributed by atoms with van der Waals surface area (Å²) in [5.41, 5.74) is 0.602. The molecule has 0 unspecified atom stereocenters. The van der Waals surface area contributed by atoms with Gasteiger partial charge in [0.25, 0.3) is 0 Å². The lowest BCUT2D eigenvalue weighted by molar-refractivity contribution is 0.411. The van der Waals surface area contributed by atoms with Crippen LogP contribution >= 0.6 is 11.6 Å². The summed E-state index contributed by atoms with van der Waals surface area (Å²) in [6.45, 7) is 0.722. The van der Waals surface area contributed by atoms with Crippen LogP contribution in [0, 0.1) is 5.82 Å². The van der Waals surface area contributed by atoms with Crippen molar-refractivity contribution in [2.24, 2.45) is 0 Å². The van der Waals surface area contributed by atoms with Crippen molar-refractivity contribution >= 4 is 11.6 Å². The summed E-state index contributed by atoms with van der Waals surface area (Å²) in [5, 5.41) is 3.01. The molecule has 0 spiro atoms. The van der Waals surface area contributed by atoms with Crippen LogP contribution in [0.25, 0.3) is 0 Å². The summed E-state index contributed by atoms with van der Waals surface area (Å²) >= 11 is 5.76. The maximum Gasteiger partial charge on any atom is 0.148 e. The van der Waals surface area contributed by atoms with E-state index in [0.29, 0.717) is 17.7 Å². The van der Waals surface area contributed by atoms with Crippen LogP contribution < -0.4 is 10.1 Å². The van der Waals surface area contributed by atoms with Crippen molar-refractivity contribution in [2.45, 2.75) is 6.42 Å². The van der Waals surface area contributed by atoms with Crippen LogP contribution in [0.5, 0.6) is 5.75 Å². The molecule has 0 aromatic heterocycles. The third-order valence-corrected chi connectivity index (χ3v) is 2.34. The minimum atomic E-state index is -0.388. The standard InChI is InChI=1S/C10H13ClFNO/c1-13-6-5-7-3-4-8(14-2)9(11)10(7)12/h3-4,13H,5-6H2,1-2H3. The molecule has 1 N–H and O–H groups in total. The number of halogens is 2. The molecular weight excluding hydrogens is 205 g/mol. The fourth-order valence-electron chi connectivity index (χ4n) is 1.18. The summed E-state index contributed by atoms with van der Waals surface area (Å²) in [6.07, 6.45) is 0.617. The van der Waals surface area contributed by atoms with Crippen molar-refractivity contribution in [3.8, 4) is 5.75 Å². The van der Waals surface area contributed by atoms with Crippen LogP contribution in [0.3, 0.4) is 0 Å². The molecule has 4 heteroatoms. The Bertz CT molecular complexity index is 317. The second-order valence-electron chi connectivity index (χ2n) is 2.91. The minimum Gasteiger partial charge on any atom is -0.495 e. The van der Waals surface area contributed by atoms with E-state index in [1.165, 1.54) is 7.11 Å². The van der Waals surface area contributed by atoms with E-state index in [2.05, 4.69) is 5.32 Å². The average molecular weight is 218 g/mol. The zero-order chi connectivity index (χ0) is 10.6. The van der Waals surface area contributed by atoms with E-state index in [1.54, 1.807) is 12.1 Å². The highest BCUT2D eigenvalue weighted by Gasteiger charge is 2.11. The first-order valence-electron chi connectivity index (χ1n) is 4.36. The summed E-state index contributed by atoms with van der Waals surface area (Å²) in [7, 11) is 3.29. The number of hydrogen-bond donors (Lipinski definition) is 1. The molecule has 0 aliphatic carbocycles. The van der Waals surface area contributed by atoms with Gasteiger partial charge in [-0.1, -0.05) is 17.7 Å². The minimum absolute atomic E-state index is 0.0566. The molecule has 0 radical (unpaired) electrons. The number of methoxy groups -OCH3 is 1. The highest BCUT2D eigenvalue weighted by atomic mass is 35.5. The fraction of sp³-hybridized carbons (Fsp3) is 0.400. The first kappa shape index (κ1) is 11.3. The van der Waals surface area contributed by atoms with Crippen LogP contribution in [-0.2, 0) is 6.42 Å². The van der Waals surface area contributed by atoms with E-state index >= 15 is 0 Å². The van der Waals surface area contributed by atoms with E-state index in [9.17, 15) is 4.39 Å². The molecule has 14 heavy (non-hydrogen) atoms. The molecular formula is C10H13ClFNO. The largest absolute Gasteiger partial charge is 0.495 e. The van der Waals surface area contributed by atoms with Crippen molar-refractivity contribution in [3.63, 3.8) is 0 Å². The second-order valence-corrected chi connectivity index (χ2v) is 3.29. The molecule has 0 fully saturated rings. The van der Waals surface area contributed by atoms with Crippen LogP contribution in [-0.4, -0.2) is 20.7 Å². The molecule has 0 heterocycles. The van der Waals surface area contributed by atoms with Crippen molar-refractivity contribution in [2.75, 3.05) is 20.7 Å². The summed E-state index contributed by atoms with van der Waals surface area (Å²) in [6, 6.07) is 3.37. The molecule has 1 aromatic rings. The molecule has 0 aliphatic rings. The quantitative estimate of drug-likeness (QED) is 0.836. The third-order valence-electron chi connectivity index (χ3n) is 1.99. The van der Waals surface area contributed by atoms with E-state index in [1.807, 2.05) is 7.05 Å². The Morgan fingerprint density at radius 3 is 2.79 bits per heavy atom. The highest BCUT2D eigenvalue weighted by molar-refractivity contribution is 6.32. The molecule has 0 saturated carbocycles. The van der Waals surface area contributed by atoms with Gasteiger partial charge in [-0.2, -0.15) is 0 Å². The number of benzene rings is 1. The average Bonchev–Trinajstić information content (AvgIpc) is 2.20. The van der Waals surface area contributed by atoms with Crippen molar-refractivity contribution < 1.29 is 9.13 Å². The number of ether oxygens (including phenoxy) is 1. The smallest absolute Gasteiger partial charge is 0.148 e. The monoisotopic (exact) mass is 217 g/mol. The fourth-order valence-corrected chi connectivity index (χ4v) is 1.44. The van der Waals surface area contributed by atoms with Gasteiger partial charge in [-0.25, -0.2) is 4.39 Å². The molecule has 0 atom stereocenters. The first-order chi connectivity index (χ1) is 6.70. The van der Waals surface area contributed by atoms with Gasteiger partial charge < -0.3 is 10.1 Å². The molecule has 0 aliphatic heterocycles. The molecule has 0 amide bonds. The van der Waals surface area contributed by atoms with Crippen LogP contribution in [0.15, 0.2) is 12.1 Å². The summed E-state index contributed by atoms with van der Waals surface area (Å²) in [5.74, 6) is -0.0151. The van der Waals surface area contributed by atoms with Gasteiger partial charge >= 0.3 is 0 Å². The van der Waals surface area contributed by atoms with Crippen LogP contribution in [0.4, 0.5) is 4.39 Å². The van der Waals surface area contributed by atoms with E-state index in [-0.39, 0.29) is 10.8 Å². The topological polar surface area (TPSA) is 21.3 Å². The number of hydrogen-bond acceptors (Lipinski definition) is 2. The van der Waals surface area contributed by atoms with Gasteiger partial charge in [0.1, 0.15) is 16.6 Å². The Kier molecular flexibility index (Phi) is 4.17. The third kappa shape index (κ3) is 2.36. The predicted molar refractivity (Wildman–Crippen MR) is 55.6 cm³/mol. The Morgan fingerprint density at radius 2 is 2.21 bits per heavy atom. The molecule has 1 rings (SSSR count). The zero-order valence-corrected chi connectivity index (χ0v) is 8.99. The van der Waals surface area contributed by atoms with Gasteiger partial charge in [0.05, 0.1) is 7.11 Å². The van der Waals surface area contributed by atoms with E-state index in [4.69, 9.17) is 16.3 Å². The molecule has 78 valence electrons. The van der Waals surface area contributed by atoms with E-state index < -0.39 is 0 Å². The molecule has 0 saturated heterocycles. The second kappa shape index (κ2) is 5.17. The van der Waals surface area contributed by atoms with Crippen LogP contribution in [0.2, 0.25) is 5.02 Å². The van der Waals surface area contributed by atoms with Crippen molar-refractivity contribution in [1.29, 1.82) is 0 Å². The Labute approximate surface area is 88.0 Å². The SMILES string of the molecule is CNCCc1ccc(OC)c(Cl)c1F. The molecule has 0 bridgehead atoms. The first-order valence-corrected chi connectivity index (χ1v) is 4.74. The molecule has 2 nitrogen and oxygen atoms in total. The van der Waals surface area contributed by atoms with Gasteiger partial charge in [0.15, 0.2) is 0 Å². The maximum absolute atomic E-state index is 13.5. The van der Waals surface area contributed by atoms with Gasteiger partial charge in [-0.05, 0) is 31.6 Å². The van der Waals surface area contributed by atoms with Crippen molar-refractivity contribution in [3.05, 3.63) is 28.5 Å². The summed E-state index contributed by atoms with van der Waals surface area (Å²) < 4.78 is 18.4. The number of rotatable bonds is 4. The van der Waals surface area contributed by atoms with Gasteiger partial charge in [-0.3, -0.25) is 0 Å². The Morgan fingerprint density at radius 1 is 1.50 bits per heavy atom. The Hall–Kier alpha value is -0.800. The van der Waals surface area contributed by atoms with Gasteiger partial charge in [0.2, 0.25) is 0 Å². The highest BCUT2D eigenvalue weighted by Crippen LogP contribution is 2.29. The lowest BCUT2D eigenvalue weighted by Crippen LogP contribution is -2.11. The lowest BCUT2D eigenvalue weighted by atomic mass is 10.1. The number of nitrogens with one attached hydrogen (secondary N) is 1. The van der Waals surface area contributed by atoms with Crippen molar-refractivity contribution in [1.82, 2.24) is 5.32 Å². The summed E-state index contributed by atoms with van der Waals surface area (Å²) in [4.78, 5) is 0. The normalized spacial score (nSPS) is 10.3. The maximum atomic E-state index is 13.5. The van der Waals surface area contributed by atoms with Gasteiger partial charge in [0, 0.05) is 0 Å². The van der Waals surface area contributed by atoms with E-state index in [0.717, 1.165) is 6.54 Å².